The molecule has 6 nitrogen and oxygen atoms in total. The second-order valence-electron chi connectivity index (χ2n) is 6.40. The second kappa shape index (κ2) is 6.72. The van der Waals surface area contributed by atoms with Gasteiger partial charge in [0.1, 0.15) is 5.75 Å². The van der Waals surface area contributed by atoms with Crippen LogP contribution in [0.3, 0.4) is 0 Å². The largest absolute Gasteiger partial charge is 0.497 e. The highest BCUT2D eigenvalue weighted by Crippen LogP contribution is 2.33. The number of nitrogens with zero attached hydrogens (tertiary/aromatic N) is 4. The topological polar surface area (TPSA) is 56.3 Å². The van der Waals surface area contributed by atoms with Crippen molar-refractivity contribution < 1.29 is 9.15 Å². The van der Waals surface area contributed by atoms with Crippen LogP contribution in [0.15, 0.2) is 47.0 Å². The molecule has 25 heavy (non-hydrogen) atoms. The van der Waals surface area contributed by atoms with Crippen molar-refractivity contribution in [3.05, 3.63) is 54.2 Å². The number of hydrogen-bond donors (Lipinski definition) is 0. The first-order valence-corrected chi connectivity index (χ1v) is 8.56. The molecule has 3 aromatic rings. The van der Waals surface area contributed by atoms with E-state index in [1.165, 1.54) is 12.1 Å². The summed E-state index contributed by atoms with van der Waals surface area (Å²) in [4.78, 5) is 2.42. The smallest absolute Gasteiger partial charge is 0.247 e. The summed E-state index contributed by atoms with van der Waals surface area (Å²) in [7, 11) is 3.75. The van der Waals surface area contributed by atoms with E-state index in [1.807, 2.05) is 24.3 Å². The predicted octanol–water partition coefficient (Wildman–Crippen LogP) is 3.42. The highest BCUT2D eigenvalue weighted by molar-refractivity contribution is 5.53. The first-order valence-electron chi connectivity index (χ1n) is 8.56. The van der Waals surface area contributed by atoms with E-state index < -0.39 is 0 Å². The van der Waals surface area contributed by atoms with Crippen LogP contribution in [0.1, 0.15) is 30.5 Å². The predicted molar refractivity (Wildman–Crippen MR) is 94.1 cm³/mol. The molecule has 1 aliphatic rings. The Morgan fingerprint density at radius 1 is 1.20 bits per heavy atom. The fourth-order valence-electron chi connectivity index (χ4n) is 3.51. The summed E-state index contributed by atoms with van der Waals surface area (Å²) in [6.45, 7) is 1.73. The van der Waals surface area contributed by atoms with Gasteiger partial charge in [-0.1, -0.05) is 0 Å². The summed E-state index contributed by atoms with van der Waals surface area (Å²) in [6.07, 6.45) is 4.45. The zero-order chi connectivity index (χ0) is 17.2. The van der Waals surface area contributed by atoms with Gasteiger partial charge in [-0.3, -0.25) is 4.90 Å². The van der Waals surface area contributed by atoms with Crippen molar-refractivity contribution in [2.75, 3.05) is 13.7 Å². The first kappa shape index (κ1) is 15.9. The average molecular weight is 338 g/mol. The third kappa shape index (κ3) is 3.17. The molecule has 0 N–H and O–H groups in total. The summed E-state index contributed by atoms with van der Waals surface area (Å²) in [5, 5.41) is 8.44. The summed E-state index contributed by atoms with van der Waals surface area (Å²) in [5.41, 5.74) is 2.24. The summed E-state index contributed by atoms with van der Waals surface area (Å²) in [5.74, 6) is 2.02. The lowest BCUT2D eigenvalue weighted by Gasteiger charge is -2.23. The van der Waals surface area contributed by atoms with Gasteiger partial charge in [-0.25, -0.2) is 0 Å². The Labute approximate surface area is 147 Å². The maximum Gasteiger partial charge on any atom is 0.247 e. The molecule has 0 bridgehead atoms. The van der Waals surface area contributed by atoms with Crippen LogP contribution in [0.4, 0.5) is 0 Å². The fourth-order valence-corrected chi connectivity index (χ4v) is 3.51. The first-order chi connectivity index (χ1) is 12.2. The normalized spacial score (nSPS) is 17.9. The Balaban J connectivity index is 1.49. The van der Waals surface area contributed by atoms with Crippen molar-refractivity contribution in [3.63, 3.8) is 0 Å². The quantitative estimate of drug-likeness (QED) is 0.713. The van der Waals surface area contributed by atoms with Crippen LogP contribution >= 0.6 is 0 Å². The van der Waals surface area contributed by atoms with E-state index in [2.05, 4.69) is 45.0 Å². The van der Waals surface area contributed by atoms with Crippen molar-refractivity contribution in [3.8, 4) is 17.2 Å². The molecule has 4 rings (SSSR count). The third-order valence-electron chi connectivity index (χ3n) is 4.83. The standard InChI is InChI=1S/C19H22N4O2/c1-22-11-3-5-16(22)17-6-4-12-23(17)13-18-20-21-19(25-18)14-7-9-15(24-2)10-8-14/h3,5,7-11,17H,4,6,12-13H2,1-2H3. The van der Waals surface area contributed by atoms with E-state index in [1.54, 1.807) is 7.11 Å². The van der Waals surface area contributed by atoms with Gasteiger partial charge in [0, 0.05) is 24.5 Å². The number of benzene rings is 1. The molecular weight excluding hydrogens is 316 g/mol. The molecule has 2 aromatic heterocycles. The van der Waals surface area contributed by atoms with Crippen molar-refractivity contribution >= 4 is 0 Å². The number of methoxy groups -OCH3 is 1. The number of likely N-dealkylation sites (tertiary alicyclic amines) is 1. The van der Waals surface area contributed by atoms with Gasteiger partial charge in [0.05, 0.1) is 19.7 Å². The molecule has 6 heteroatoms. The van der Waals surface area contributed by atoms with Gasteiger partial charge in [-0.15, -0.1) is 10.2 Å². The van der Waals surface area contributed by atoms with Crippen molar-refractivity contribution in [1.82, 2.24) is 19.7 Å². The molecule has 0 spiro atoms. The molecule has 1 atom stereocenters. The van der Waals surface area contributed by atoms with Gasteiger partial charge in [0.2, 0.25) is 11.8 Å². The Morgan fingerprint density at radius 3 is 2.76 bits per heavy atom. The van der Waals surface area contributed by atoms with Gasteiger partial charge in [-0.05, 0) is 55.8 Å². The van der Waals surface area contributed by atoms with Gasteiger partial charge in [-0.2, -0.15) is 0 Å². The van der Waals surface area contributed by atoms with E-state index in [4.69, 9.17) is 9.15 Å². The molecule has 0 radical (unpaired) electrons. The molecule has 0 aliphatic carbocycles. The van der Waals surface area contributed by atoms with Crippen LogP contribution in [0.2, 0.25) is 0 Å². The third-order valence-corrected chi connectivity index (χ3v) is 4.83. The molecular formula is C19H22N4O2. The van der Waals surface area contributed by atoms with E-state index in [-0.39, 0.29) is 0 Å². The number of rotatable bonds is 5. The highest BCUT2D eigenvalue weighted by Gasteiger charge is 2.28. The highest BCUT2D eigenvalue weighted by atomic mass is 16.5. The van der Waals surface area contributed by atoms with Crippen molar-refractivity contribution in [2.45, 2.75) is 25.4 Å². The fraction of sp³-hybridized carbons (Fsp3) is 0.368. The minimum absolute atomic E-state index is 0.413. The summed E-state index contributed by atoms with van der Waals surface area (Å²) in [6, 6.07) is 12.4. The molecule has 0 amide bonds. The van der Waals surface area contributed by atoms with E-state index in [0.29, 0.717) is 24.4 Å². The van der Waals surface area contributed by atoms with Crippen LogP contribution in [0.25, 0.3) is 11.5 Å². The van der Waals surface area contributed by atoms with Gasteiger partial charge in [0.25, 0.3) is 0 Å². The Bertz CT molecular complexity index is 837. The van der Waals surface area contributed by atoms with Crippen LogP contribution in [-0.2, 0) is 13.6 Å². The molecule has 1 aliphatic heterocycles. The number of aryl methyl sites for hydroxylation is 1. The molecule has 3 heterocycles. The van der Waals surface area contributed by atoms with Crippen molar-refractivity contribution in [1.29, 1.82) is 0 Å². The SMILES string of the molecule is COc1ccc(-c2nnc(CN3CCCC3c3cccn3C)o2)cc1. The Morgan fingerprint density at radius 2 is 2.04 bits per heavy atom. The number of ether oxygens (including phenoxy) is 1. The number of hydrogen-bond acceptors (Lipinski definition) is 5. The van der Waals surface area contributed by atoms with Gasteiger partial charge in [0.15, 0.2) is 0 Å². The summed E-state index contributed by atoms with van der Waals surface area (Å²) < 4.78 is 13.3. The number of aromatic nitrogens is 3. The maximum atomic E-state index is 5.89. The molecule has 1 aromatic carbocycles. The zero-order valence-corrected chi connectivity index (χ0v) is 14.6. The maximum absolute atomic E-state index is 5.89. The van der Waals surface area contributed by atoms with Crippen LogP contribution in [0.5, 0.6) is 5.75 Å². The van der Waals surface area contributed by atoms with Crippen LogP contribution in [0, 0.1) is 0 Å². The molecule has 130 valence electrons. The minimum atomic E-state index is 0.413. The molecule has 1 unspecified atom stereocenters. The lowest BCUT2D eigenvalue weighted by molar-refractivity contribution is 0.218. The molecule has 1 saturated heterocycles. The Hall–Kier alpha value is -2.60. The summed E-state index contributed by atoms with van der Waals surface area (Å²) >= 11 is 0. The van der Waals surface area contributed by atoms with Gasteiger partial charge >= 0.3 is 0 Å². The lowest BCUT2D eigenvalue weighted by atomic mass is 10.1. The van der Waals surface area contributed by atoms with Crippen molar-refractivity contribution in [2.24, 2.45) is 7.05 Å². The van der Waals surface area contributed by atoms with Crippen LogP contribution < -0.4 is 4.74 Å². The average Bonchev–Trinajstić information content (AvgIpc) is 3.37. The van der Waals surface area contributed by atoms with Crippen LogP contribution in [-0.4, -0.2) is 33.3 Å². The minimum Gasteiger partial charge on any atom is -0.497 e. The van der Waals surface area contributed by atoms with E-state index in [9.17, 15) is 0 Å². The zero-order valence-electron chi connectivity index (χ0n) is 14.6. The molecule has 0 saturated carbocycles. The van der Waals surface area contributed by atoms with E-state index in [0.717, 1.165) is 24.3 Å². The van der Waals surface area contributed by atoms with E-state index >= 15 is 0 Å². The second-order valence-corrected chi connectivity index (χ2v) is 6.40. The lowest BCUT2D eigenvalue weighted by Crippen LogP contribution is -2.24. The molecule has 1 fully saturated rings. The monoisotopic (exact) mass is 338 g/mol. The Kier molecular flexibility index (Phi) is 4.28. The van der Waals surface area contributed by atoms with Gasteiger partial charge < -0.3 is 13.7 Å².